The third kappa shape index (κ3) is 1.67. The zero-order valence-corrected chi connectivity index (χ0v) is 9.94. The zero-order chi connectivity index (χ0) is 11.7. The molecule has 0 aliphatic heterocycles. The number of hydrogen-bond acceptors (Lipinski definition) is 3. The van der Waals surface area contributed by atoms with Crippen LogP contribution in [0.2, 0.25) is 0 Å². The molecule has 1 atom stereocenters. The molecule has 17 heavy (non-hydrogen) atoms. The molecule has 1 aromatic carbocycles. The molecule has 3 nitrogen and oxygen atoms in total. The van der Waals surface area contributed by atoms with Gasteiger partial charge in [-0.1, -0.05) is 35.5 Å². The highest BCUT2D eigenvalue weighted by molar-refractivity contribution is 5.32. The summed E-state index contributed by atoms with van der Waals surface area (Å²) >= 11 is 0. The zero-order valence-electron chi connectivity index (χ0n) is 9.94. The van der Waals surface area contributed by atoms with Crippen molar-refractivity contribution in [2.75, 3.05) is 7.05 Å². The van der Waals surface area contributed by atoms with Crippen molar-refractivity contribution in [3.05, 3.63) is 53.4 Å². The average molecular weight is 228 g/mol. The first kappa shape index (κ1) is 10.5. The standard InChI is InChI=1S/C14H16N2O/c1-15-14(12-5-3-2-4-6-12)8-7-13-11(9-14)10-17-16-13/h2-6,10,15H,7-9H2,1H3. The summed E-state index contributed by atoms with van der Waals surface area (Å²) < 4.78 is 5.06. The second-order valence-electron chi connectivity index (χ2n) is 4.66. The Labute approximate surface area is 101 Å². The fraction of sp³-hybridized carbons (Fsp3) is 0.357. The molecule has 1 aliphatic rings. The van der Waals surface area contributed by atoms with Crippen LogP contribution in [-0.4, -0.2) is 12.2 Å². The molecule has 3 heteroatoms. The number of nitrogens with one attached hydrogen (secondary N) is 1. The summed E-state index contributed by atoms with van der Waals surface area (Å²) in [5.74, 6) is 0. The van der Waals surface area contributed by atoms with Gasteiger partial charge in [-0.2, -0.15) is 0 Å². The topological polar surface area (TPSA) is 38.1 Å². The smallest absolute Gasteiger partial charge is 0.127 e. The molecule has 0 radical (unpaired) electrons. The van der Waals surface area contributed by atoms with Gasteiger partial charge in [-0.3, -0.25) is 0 Å². The Morgan fingerprint density at radius 2 is 2.12 bits per heavy atom. The number of nitrogens with zero attached hydrogens (tertiary/aromatic N) is 1. The van der Waals surface area contributed by atoms with Gasteiger partial charge in [-0.15, -0.1) is 0 Å². The van der Waals surface area contributed by atoms with Crippen LogP contribution in [-0.2, 0) is 18.4 Å². The molecular formula is C14H16N2O. The number of rotatable bonds is 2. The van der Waals surface area contributed by atoms with Crippen LogP contribution in [0.1, 0.15) is 23.2 Å². The molecular weight excluding hydrogens is 212 g/mol. The van der Waals surface area contributed by atoms with E-state index < -0.39 is 0 Å². The van der Waals surface area contributed by atoms with Crippen LogP contribution in [0.4, 0.5) is 0 Å². The summed E-state index contributed by atoms with van der Waals surface area (Å²) in [6.45, 7) is 0. The Kier molecular flexibility index (Phi) is 2.48. The van der Waals surface area contributed by atoms with Gasteiger partial charge < -0.3 is 9.84 Å². The van der Waals surface area contributed by atoms with Gasteiger partial charge in [0.2, 0.25) is 0 Å². The number of benzene rings is 1. The van der Waals surface area contributed by atoms with Gasteiger partial charge in [0.05, 0.1) is 5.69 Å². The van der Waals surface area contributed by atoms with Gasteiger partial charge in [-0.05, 0) is 31.9 Å². The number of fused-ring (bicyclic) bond motifs is 1. The van der Waals surface area contributed by atoms with E-state index in [0.29, 0.717) is 0 Å². The van der Waals surface area contributed by atoms with Crippen molar-refractivity contribution < 1.29 is 4.52 Å². The lowest BCUT2D eigenvalue weighted by atomic mass is 9.76. The van der Waals surface area contributed by atoms with E-state index in [4.69, 9.17) is 4.52 Å². The third-order valence-electron chi connectivity index (χ3n) is 3.81. The van der Waals surface area contributed by atoms with Crippen LogP contribution in [0.25, 0.3) is 0 Å². The minimum atomic E-state index is 0.0276. The van der Waals surface area contributed by atoms with E-state index in [1.54, 1.807) is 6.26 Å². The Balaban J connectivity index is 2.01. The highest BCUT2D eigenvalue weighted by atomic mass is 16.5. The molecule has 0 saturated heterocycles. The summed E-state index contributed by atoms with van der Waals surface area (Å²) in [5.41, 5.74) is 3.72. The number of aromatic nitrogens is 1. The van der Waals surface area contributed by atoms with Crippen LogP contribution < -0.4 is 5.32 Å². The molecule has 2 aromatic rings. The minimum absolute atomic E-state index is 0.0276. The van der Waals surface area contributed by atoms with Crippen LogP contribution in [0.15, 0.2) is 41.1 Å². The van der Waals surface area contributed by atoms with E-state index >= 15 is 0 Å². The molecule has 1 heterocycles. The highest BCUT2D eigenvalue weighted by Gasteiger charge is 2.35. The monoisotopic (exact) mass is 228 g/mol. The van der Waals surface area contributed by atoms with E-state index in [2.05, 4.69) is 40.8 Å². The molecule has 88 valence electrons. The fourth-order valence-corrected chi connectivity index (χ4v) is 2.74. The van der Waals surface area contributed by atoms with Gasteiger partial charge in [0.25, 0.3) is 0 Å². The number of likely N-dealkylation sites (N-methyl/N-ethyl adjacent to an activating group) is 1. The number of aryl methyl sites for hydroxylation is 1. The summed E-state index contributed by atoms with van der Waals surface area (Å²) in [5, 5.41) is 7.54. The van der Waals surface area contributed by atoms with Gasteiger partial charge in [0, 0.05) is 11.1 Å². The molecule has 0 fully saturated rings. The second kappa shape index (κ2) is 4.00. The van der Waals surface area contributed by atoms with Gasteiger partial charge in [-0.25, -0.2) is 0 Å². The SMILES string of the molecule is CNC1(c2ccccc2)CCc2nocc2C1. The molecule has 1 aromatic heterocycles. The van der Waals surface area contributed by atoms with E-state index in [-0.39, 0.29) is 5.54 Å². The molecule has 1 aliphatic carbocycles. The number of hydrogen-bond donors (Lipinski definition) is 1. The normalized spacial score (nSPS) is 23.4. The molecule has 0 saturated carbocycles. The summed E-state index contributed by atoms with van der Waals surface area (Å²) in [6.07, 6.45) is 4.77. The molecule has 0 bridgehead atoms. The van der Waals surface area contributed by atoms with Crippen LogP contribution in [0.3, 0.4) is 0 Å². The predicted molar refractivity (Wildman–Crippen MR) is 65.7 cm³/mol. The van der Waals surface area contributed by atoms with Crippen molar-refractivity contribution in [1.29, 1.82) is 0 Å². The maximum absolute atomic E-state index is 5.06. The highest BCUT2D eigenvalue weighted by Crippen LogP contribution is 2.35. The van der Waals surface area contributed by atoms with Crippen LogP contribution in [0.5, 0.6) is 0 Å². The third-order valence-corrected chi connectivity index (χ3v) is 3.81. The van der Waals surface area contributed by atoms with Crippen molar-refractivity contribution >= 4 is 0 Å². The summed E-state index contributed by atoms with van der Waals surface area (Å²) in [4.78, 5) is 0. The quantitative estimate of drug-likeness (QED) is 0.857. The lowest BCUT2D eigenvalue weighted by Gasteiger charge is -2.37. The van der Waals surface area contributed by atoms with E-state index in [1.807, 2.05) is 7.05 Å². The van der Waals surface area contributed by atoms with Crippen molar-refractivity contribution in [3.63, 3.8) is 0 Å². The summed E-state index contributed by atoms with van der Waals surface area (Å²) in [6, 6.07) is 10.6. The van der Waals surface area contributed by atoms with E-state index in [0.717, 1.165) is 25.0 Å². The Morgan fingerprint density at radius 3 is 2.88 bits per heavy atom. The lowest BCUT2D eigenvalue weighted by Crippen LogP contribution is -2.44. The first-order valence-electron chi connectivity index (χ1n) is 6.01. The predicted octanol–water partition coefficient (Wildman–Crippen LogP) is 2.28. The first-order valence-corrected chi connectivity index (χ1v) is 6.01. The second-order valence-corrected chi connectivity index (χ2v) is 4.66. The van der Waals surface area contributed by atoms with Crippen molar-refractivity contribution in [1.82, 2.24) is 10.5 Å². The maximum Gasteiger partial charge on any atom is 0.127 e. The average Bonchev–Trinajstić information content (AvgIpc) is 2.86. The van der Waals surface area contributed by atoms with Crippen molar-refractivity contribution in [2.45, 2.75) is 24.8 Å². The largest absolute Gasteiger partial charge is 0.364 e. The molecule has 0 amide bonds. The molecule has 1 unspecified atom stereocenters. The lowest BCUT2D eigenvalue weighted by molar-refractivity contribution is 0.312. The van der Waals surface area contributed by atoms with Crippen LogP contribution >= 0.6 is 0 Å². The molecule has 1 N–H and O–H groups in total. The first-order chi connectivity index (χ1) is 8.34. The van der Waals surface area contributed by atoms with E-state index in [1.165, 1.54) is 11.1 Å². The Hall–Kier alpha value is -1.61. The van der Waals surface area contributed by atoms with Gasteiger partial charge in [0.15, 0.2) is 0 Å². The maximum atomic E-state index is 5.06. The molecule has 0 spiro atoms. The Morgan fingerprint density at radius 1 is 1.29 bits per heavy atom. The van der Waals surface area contributed by atoms with Crippen molar-refractivity contribution in [2.24, 2.45) is 0 Å². The van der Waals surface area contributed by atoms with Crippen LogP contribution in [0, 0.1) is 0 Å². The molecule has 3 rings (SSSR count). The minimum Gasteiger partial charge on any atom is -0.364 e. The summed E-state index contributed by atoms with van der Waals surface area (Å²) in [7, 11) is 2.03. The Bertz CT molecular complexity index is 506. The fourth-order valence-electron chi connectivity index (χ4n) is 2.74. The van der Waals surface area contributed by atoms with Crippen molar-refractivity contribution in [3.8, 4) is 0 Å². The van der Waals surface area contributed by atoms with Gasteiger partial charge >= 0.3 is 0 Å². The van der Waals surface area contributed by atoms with Gasteiger partial charge in [0.1, 0.15) is 6.26 Å². The van der Waals surface area contributed by atoms with E-state index in [9.17, 15) is 0 Å².